The van der Waals surface area contributed by atoms with Crippen LogP contribution in [0.4, 0.5) is 5.69 Å². The quantitative estimate of drug-likeness (QED) is 0.770. The molecule has 2 atom stereocenters. The molecule has 0 spiro atoms. The minimum absolute atomic E-state index is 0. The van der Waals surface area contributed by atoms with E-state index in [1.807, 2.05) is 0 Å². The highest BCUT2D eigenvalue weighted by Crippen LogP contribution is 2.27. The van der Waals surface area contributed by atoms with Gasteiger partial charge in [-0.05, 0) is 36.5 Å². The van der Waals surface area contributed by atoms with Gasteiger partial charge in [-0.25, -0.2) is 0 Å². The first kappa shape index (κ1) is 17.5. The van der Waals surface area contributed by atoms with Crippen LogP contribution in [0.2, 0.25) is 0 Å². The molecule has 5 nitrogen and oxygen atoms in total. The molecular weight excluding hydrogens is 290 g/mol. The van der Waals surface area contributed by atoms with Gasteiger partial charge in [-0.15, -0.1) is 12.4 Å². The Bertz CT molecular complexity index is 490. The van der Waals surface area contributed by atoms with Gasteiger partial charge in [0.05, 0.1) is 6.42 Å². The van der Waals surface area contributed by atoms with Crippen molar-refractivity contribution in [1.29, 1.82) is 0 Å². The number of carbonyl (C=O) groups is 2. The summed E-state index contributed by atoms with van der Waals surface area (Å²) in [6.07, 6.45) is 3.85. The standard InChI is InChI=1S/C15H21N3O2.ClH/c16-13-3-1-2-11(13)9-15(20)18-12-6-4-10(5-7-12)8-14(17)19;/h4-7,11,13H,1-3,8-9,16H2,(H2,17,19)(H,18,20);1H/t11-,13+;/m0./s1. The topological polar surface area (TPSA) is 98.2 Å². The number of nitrogens with one attached hydrogen (secondary N) is 1. The highest BCUT2D eigenvalue weighted by Gasteiger charge is 2.25. The molecule has 1 aliphatic rings. The number of hydrogen-bond acceptors (Lipinski definition) is 3. The fourth-order valence-electron chi connectivity index (χ4n) is 2.68. The molecule has 0 bridgehead atoms. The average Bonchev–Trinajstić information content (AvgIpc) is 2.77. The number of anilines is 1. The van der Waals surface area contributed by atoms with Gasteiger partial charge in [-0.3, -0.25) is 9.59 Å². The van der Waals surface area contributed by atoms with Gasteiger partial charge in [0.25, 0.3) is 0 Å². The zero-order valence-electron chi connectivity index (χ0n) is 11.9. The first-order valence-electron chi connectivity index (χ1n) is 6.97. The van der Waals surface area contributed by atoms with Gasteiger partial charge in [0.1, 0.15) is 0 Å². The normalized spacial score (nSPS) is 20.6. The van der Waals surface area contributed by atoms with Crippen molar-refractivity contribution in [2.45, 2.75) is 38.1 Å². The third kappa shape index (κ3) is 5.36. The molecular formula is C15H22ClN3O2. The Kier molecular flexibility index (Phi) is 6.65. The number of carbonyl (C=O) groups excluding carboxylic acids is 2. The van der Waals surface area contributed by atoms with E-state index < -0.39 is 0 Å². The molecule has 0 radical (unpaired) electrons. The molecule has 1 aliphatic carbocycles. The fraction of sp³-hybridized carbons (Fsp3) is 0.467. The second kappa shape index (κ2) is 8.00. The lowest BCUT2D eigenvalue weighted by atomic mass is 10.00. The van der Waals surface area contributed by atoms with E-state index in [1.54, 1.807) is 24.3 Å². The first-order chi connectivity index (χ1) is 9.54. The van der Waals surface area contributed by atoms with Crippen molar-refractivity contribution < 1.29 is 9.59 Å². The minimum atomic E-state index is -0.364. The molecule has 0 saturated heterocycles. The van der Waals surface area contributed by atoms with Crippen LogP contribution in [0.15, 0.2) is 24.3 Å². The van der Waals surface area contributed by atoms with Gasteiger partial charge in [0, 0.05) is 18.2 Å². The third-order valence-corrected chi connectivity index (χ3v) is 3.78. The second-order valence-corrected chi connectivity index (χ2v) is 5.45. The summed E-state index contributed by atoms with van der Waals surface area (Å²) in [5, 5.41) is 2.86. The predicted molar refractivity (Wildman–Crippen MR) is 85.2 cm³/mol. The van der Waals surface area contributed by atoms with Crippen molar-refractivity contribution in [2.24, 2.45) is 17.4 Å². The molecule has 5 N–H and O–H groups in total. The van der Waals surface area contributed by atoms with Gasteiger partial charge in [0.15, 0.2) is 0 Å². The summed E-state index contributed by atoms with van der Waals surface area (Å²) in [5.74, 6) is -0.0730. The number of hydrogen-bond donors (Lipinski definition) is 3. The number of halogens is 1. The molecule has 0 unspecified atom stereocenters. The smallest absolute Gasteiger partial charge is 0.224 e. The molecule has 1 aromatic rings. The summed E-state index contributed by atoms with van der Waals surface area (Å²) >= 11 is 0. The van der Waals surface area contributed by atoms with Crippen molar-refractivity contribution in [3.05, 3.63) is 29.8 Å². The van der Waals surface area contributed by atoms with Crippen molar-refractivity contribution in [1.82, 2.24) is 0 Å². The van der Waals surface area contributed by atoms with Crippen LogP contribution in [0.1, 0.15) is 31.2 Å². The lowest BCUT2D eigenvalue weighted by Gasteiger charge is -2.14. The van der Waals surface area contributed by atoms with Gasteiger partial charge >= 0.3 is 0 Å². The average molecular weight is 312 g/mol. The molecule has 6 heteroatoms. The van der Waals surface area contributed by atoms with E-state index in [-0.39, 0.29) is 36.7 Å². The van der Waals surface area contributed by atoms with Crippen LogP contribution < -0.4 is 16.8 Å². The van der Waals surface area contributed by atoms with Crippen LogP contribution in [0, 0.1) is 5.92 Å². The monoisotopic (exact) mass is 311 g/mol. The second-order valence-electron chi connectivity index (χ2n) is 5.45. The fourth-order valence-corrected chi connectivity index (χ4v) is 2.68. The lowest BCUT2D eigenvalue weighted by Crippen LogP contribution is -2.28. The van der Waals surface area contributed by atoms with E-state index in [4.69, 9.17) is 11.5 Å². The third-order valence-electron chi connectivity index (χ3n) is 3.78. The maximum atomic E-state index is 11.9. The SMILES string of the molecule is Cl.NC(=O)Cc1ccc(NC(=O)C[C@@H]2CCC[C@H]2N)cc1. The molecule has 2 amide bonds. The first-order valence-corrected chi connectivity index (χ1v) is 6.97. The van der Waals surface area contributed by atoms with Crippen molar-refractivity contribution in [3.63, 3.8) is 0 Å². The molecule has 21 heavy (non-hydrogen) atoms. The van der Waals surface area contributed by atoms with Gasteiger partial charge < -0.3 is 16.8 Å². The highest BCUT2D eigenvalue weighted by molar-refractivity contribution is 5.91. The number of rotatable bonds is 5. The van der Waals surface area contributed by atoms with Crippen LogP contribution in [-0.4, -0.2) is 17.9 Å². The highest BCUT2D eigenvalue weighted by atomic mass is 35.5. The summed E-state index contributed by atoms with van der Waals surface area (Å²) < 4.78 is 0. The molecule has 1 saturated carbocycles. The zero-order valence-corrected chi connectivity index (χ0v) is 12.7. The van der Waals surface area contributed by atoms with Crippen LogP contribution >= 0.6 is 12.4 Å². The summed E-state index contributed by atoms with van der Waals surface area (Å²) in [5.41, 5.74) is 12.7. The van der Waals surface area contributed by atoms with E-state index in [1.165, 1.54) is 0 Å². The van der Waals surface area contributed by atoms with Gasteiger partial charge in [-0.2, -0.15) is 0 Å². The number of primary amides is 1. The summed E-state index contributed by atoms with van der Waals surface area (Å²) in [4.78, 5) is 22.7. The van der Waals surface area contributed by atoms with Crippen molar-refractivity contribution in [3.8, 4) is 0 Å². The molecule has 1 fully saturated rings. The Morgan fingerprint density at radius 2 is 1.86 bits per heavy atom. The number of benzene rings is 1. The molecule has 0 aliphatic heterocycles. The van der Waals surface area contributed by atoms with Crippen LogP contribution in [-0.2, 0) is 16.0 Å². The zero-order chi connectivity index (χ0) is 14.5. The van der Waals surface area contributed by atoms with Crippen LogP contribution in [0.5, 0.6) is 0 Å². The number of amides is 2. The largest absolute Gasteiger partial charge is 0.369 e. The van der Waals surface area contributed by atoms with Crippen LogP contribution in [0.3, 0.4) is 0 Å². The van der Waals surface area contributed by atoms with E-state index >= 15 is 0 Å². The van der Waals surface area contributed by atoms with Gasteiger partial charge in [0.2, 0.25) is 11.8 Å². The van der Waals surface area contributed by atoms with E-state index in [0.717, 1.165) is 30.5 Å². The lowest BCUT2D eigenvalue weighted by molar-refractivity contribution is -0.118. The van der Waals surface area contributed by atoms with E-state index in [0.29, 0.717) is 12.3 Å². The molecule has 0 heterocycles. The van der Waals surface area contributed by atoms with E-state index in [9.17, 15) is 9.59 Å². The molecule has 116 valence electrons. The van der Waals surface area contributed by atoms with Crippen LogP contribution in [0.25, 0.3) is 0 Å². The van der Waals surface area contributed by atoms with E-state index in [2.05, 4.69) is 5.32 Å². The number of nitrogens with two attached hydrogens (primary N) is 2. The Hall–Kier alpha value is -1.59. The Morgan fingerprint density at radius 3 is 2.38 bits per heavy atom. The Morgan fingerprint density at radius 1 is 1.19 bits per heavy atom. The summed E-state index contributed by atoms with van der Waals surface area (Å²) in [6.45, 7) is 0. The Balaban J connectivity index is 0.00000220. The predicted octanol–water partition coefficient (Wildman–Crippen LogP) is 1.59. The Labute approximate surface area is 130 Å². The molecule has 2 rings (SSSR count). The van der Waals surface area contributed by atoms with Crippen molar-refractivity contribution >= 4 is 29.9 Å². The summed E-state index contributed by atoms with van der Waals surface area (Å²) in [7, 11) is 0. The summed E-state index contributed by atoms with van der Waals surface area (Å²) in [6, 6.07) is 7.30. The molecule has 0 aromatic heterocycles. The maximum Gasteiger partial charge on any atom is 0.224 e. The maximum absolute atomic E-state index is 11.9. The minimum Gasteiger partial charge on any atom is -0.369 e. The molecule has 1 aromatic carbocycles. The van der Waals surface area contributed by atoms with Crippen molar-refractivity contribution in [2.75, 3.05) is 5.32 Å². The van der Waals surface area contributed by atoms with Gasteiger partial charge in [-0.1, -0.05) is 18.6 Å².